The molecule has 0 saturated heterocycles. The normalized spacial score (nSPS) is 21.1. The number of carbonyl (C=O) groups excluding carboxylic acids is 1. The summed E-state index contributed by atoms with van der Waals surface area (Å²) in [4.78, 5) is 10.5. The van der Waals surface area contributed by atoms with Crippen LogP contribution in [0.4, 0.5) is 0 Å². The molecule has 10 radical (unpaired) electrons. The maximum Gasteiger partial charge on any atom is 2.00 e. The van der Waals surface area contributed by atoms with Crippen molar-refractivity contribution in [1.29, 1.82) is 0 Å². The third kappa shape index (κ3) is 7.83. The van der Waals surface area contributed by atoms with Crippen LogP contribution in [0.3, 0.4) is 0 Å². The Bertz CT molecular complexity index is 189. The van der Waals surface area contributed by atoms with E-state index in [0.29, 0.717) is 0 Å². The molecule has 0 spiro atoms. The van der Waals surface area contributed by atoms with Gasteiger partial charge in [0, 0.05) is 12.8 Å². The molecule has 17 heavy (non-hydrogen) atoms. The third-order valence-electron chi connectivity index (χ3n) is 2.06. The van der Waals surface area contributed by atoms with E-state index in [1.807, 2.05) is 64.7 Å². The topological polar surface area (TPSA) is 26.3 Å². The van der Waals surface area contributed by atoms with Crippen molar-refractivity contribution in [2.24, 2.45) is 0 Å². The van der Waals surface area contributed by atoms with Crippen molar-refractivity contribution >= 4 is 5.97 Å². The van der Waals surface area contributed by atoms with Crippen LogP contribution in [0, 0.1) is 63.7 Å². The van der Waals surface area contributed by atoms with Gasteiger partial charge in [-0.05, 0) is 64.7 Å². The van der Waals surface area contributed by atoms with Crippen LogP contribution < -0.4 is 0 Å². The fraction of sp³-hybridized carbons (Fsp3) is 0.214. The average molecular weight is 272 g/mol. The Kier molecular flexibility index (Phi) is 9.96. The van der Waals surface area contributed by atoms with E-state index in [9.17, 15) is 4.79 Å². The van der Waals surface area contributed by atoms with E-state index in [0.717, 1.165) is 5.92 Å². The van der Waals surface area contributed by atoms with Gasteiger partial charge in [-0.1, -0.05) is 0 Å². The SMILES string of the molecule is CC(=O)OC(C)[C]1[CH][CH][CH][CH]1.[CH]1[CH][CH][CH][CH]1.[Fe+2]. The standard InChI is InChI=1S/C9H11O2.C5H5.Fe/c1-7(11-8(2)10)9-5-3-4-6-9;1-2-4-5-3-1;/h3-7H,1-2H3;1-5H;/q;;+2. The summed E-state index contributed by atoms with van der Waals surface area (Å²) in [5.41, 5.74) is 0. The van der Waals surface area contributed by atoms with Gasteiger partial charge >= 0.3 is 23.0 Å². The van der Waals surface area contributed by atoms with Crippen LogP contribution in [0.15, 0.2) is 0 Å². The van der Waals surface area contributed by atoms with Crippen molar-refractivity contribution in [3.05, 3.63) is 63.7 Å². The number of esters is 1. The Morgan fingerprint density at radius 3 is 1.76 bits per heavy atom. The first kappa shape index (κ1) is 17.0. The molecule has 0 heterocycles. The first-order valence-electron chi connectivity index (χ1n) is 5.25. The molecule has 2 nitrogen and oxygen atoms in total. The summed E-state index contributed by atoms with van der Waals surface area (Å²) in [5, 5.41) is 0. The zero-order chi connectivity index (χ0) is 11.8. The molecule has 1 atom stereocenters. The Morgan fingerprint density at radius 1 is 1.00 bits per heavy atom. The molecular weight excluding hydrogens is 256 g/mol. The predicted molar refractivity (Wildman–Crippen MR) is 63.2 cm³/mol. The number of carbonyl (C=O) groups is 1. The third-order valence-corrected chi connectivity index (χ3v) is 2.06. The van der Waals surface area contributed by atoms with Gasteiger partial charge in [-0.2, -0.15) is 0 Å². The van der Waals surface area contributed by atoms with Gasteiger partial charge in [0.2, 0.25) is 0 Å². The van der Waals surface area contributed by atoms with Gasteiger partial charge in [0.25, 0.3) is 0 Å². The molecule has 0 aliphatic heterocycles. The Balaban J connectivity index is 0.000000360. The minimum Gasteiger partial charge on any atom is -0.462 e. The van der Waals surface area contributed by atoms with Crippen molar-refractivity contribution in [2.75, 3.05) is 0 Å². The Morgan fingerprint density at radius 2 is 1.41 bits per heavy atom. The monoisotopic (exact) mass is 272 g/mol. The largest absolute Gasteiger partial charge is 2.00 e. The van der Waals surface area contributed by atoms with Gasteiger partial charge in [0.15, 0.2) is 0 Å². The molecule has 2 fully saturated rings. The summed E-state index contributed by atoms with van der Waals surface area (Å²) in [6.07, 6.45) is 17.6. The van der Waals surface area contributed by atoms with E-state index in [2.05, 4.69) is 0 Å². The van der Waals surface area contributed by atoms with E-state index < -0.39 is 0 Å². The van der Waals surface area contributed by atoms with Gasteiger partial charge < -0.3 is 4.74 Å². The van der Waals surface area contributed by atoms with Crippen LogP contribution in [0.5, 0.6) is 0 Å². The van der Waals surface area contributed by atoms with Gasteiger partial charge in [-0.25, -0.2) is 0 Å². The van der Waals surface area contributed by atoms with Crippen molar-refractivity contribution in [3.8, 4) is 0 Å². The van der Waals surface area contributed by atoms with Crippen LogP contribution in [0.25, 0.3) is 0 Å². The second-order valence-corrected chi connectivity index (χ2v) is 3.43. The molecule has 0 aromatic heterocycles. The molecule has 0 N–H and O–H groups in total. The molecule has 2 saturated carbocycles. The Hall–Kier alpha value is -0.0105. The van der Waals surface area contributed by atoms with E-state index in [4.69, 9.17) is 4.74 Å². The zero-order valence-corrected chi connectivity index (χ0v) is 11.0. The summed E-state index contributed by atoms with van der Waals surface area (Å²) in [5.74, 6) is 0.805. The van der Waals surface area contributed by atoms with Gasteiger partial charge in [0.05, 0.1) is 0 Å². The van der Waals surface area contributed by atoms with E-state index in [-0.39, 0.29) is 29.1 Å². The second-order valence-electron chi connectivity index (χ2n) is 3.43. The summed E-state index contributed by atoms with van der Waals surface area (Å²) < 4.78 is 4.96. The van der Waals surface area contributed by atoms with Gasteiger partial charge in [-0.3, -0.25) is 4.79 Å². The number of ether oxygens (including phenoxy) is 1. The van der Waals surface area contributed by atoms with Crippen LogP contribution >= 0.6 is 0 Å². The van der Waals surface area contributed by atoms with E-state index >= 15 is 0 Å². The summed E-state index contributed by atoms with van der Waals surface area (Å²) in [6.45, 7) is 3.27. The predicted octanol–water partition coefficient (Wildman–Crippen LogP) is 2.36. The fourth-order valence-electron chi connectivity index (χ4n) is 1.30. The van der Waals surface area contributed by atoms with Crippen molar-refractivity contribution < 1.29 is 26.6 Å². The molecule has 2 rings (SSSR count). The summed E-state index contributed by atoms with van der Waals surface area (Å²) >= 11 is 0. The molecule has 0 bridgehead atoms. The smallest absolute Gasteiger partial charge is 0.462 e. The molecule has 2 aliphatic rings. The Labute approximate surface area is 116 Å². The van der Waals surface area contributed by atoms with Gasteiger partial charge in [-0.15, -0.1) is 0 Å². The molecule has 0 amide bonds. The number of hydrogen-bond acceptors (Lipinski definition) is 2. The molecule has 1 unspecified atom stereocenters. The maximum atomic E-state index is 10.5. The minimum absolute atomic E-state index is 0. The van der Waals surface area contributed by atoms with E-state index in [1.165, 1.54) is 6.92 Å². The molecule has 0 aromatic carbocycles. The maximum absolute atomic E-state index is 10.5. The van der Waals surface area contributed by atoms with Crippen LogP contribution in [0.2, 0.25) is 0 Å². The summed E-state index contributed by atoms with van der Waals surface area (Å²) in [6, 6.07) is 0. The van der Waals surface area contributed by atoms with Crippen molar-refractivity contribution in [1.82, 2.24) is 0 Å². The van der Waals surface area contributed by atoms with E-state index in [1.54, 1.807) is 0 Å². The zero-order valence-electron chi connectivity index (χ0n) is 9.94. The quantitative estimate of drug-likeness (QED) is 0.570. The minimum atomic E-state index is -0.237. The molecular formula is C14H16FeO2+2. The molecule has 0 aromatic rings. The molecule has 90 valence electrons. The average Bonchev–Trinajstić information content (AvgIpc) is 2.94. The van der Waals surface area contributed by atoms with Crippen LogP contribution in [-0.2, 0) is 26.6 Å². The molecule has 3 heteroatoms. The van der Waals surface area contributed by atoms with Gasteiger partial charge in [0.1, 0.15) is 6.10 Å². The van der Waals surface area contributed by atoms with Crippen LogP contribution in [0.1, 0.15) is 13.8 Å². The van der Waals surface area contributed by atoms with Crippen molar-refractivity contribution in [2.45, 2.75) is 20.0 Å². The van der Waals surface area contributed by atoms with Crippen molar-refractivity contribution in [3.63, 3.8) is 0 Å². The number of hydrogen-bond donors (Lipinski definition) is 0. The fourth-order valence-corrected chi connectivity index (χ4v) is 1.30. The first-order valence-corrected chi connectivity index (χ1v) is 5.25. The summed E-state index contributed by atoms with van der Waals surface area (Å²) in [7, 11) is 0. The number of rotatable bonds is 2. The van der Waals surface area contributed by atoms with Crippen LogP contribution in [-0.4, -0.2) is 12.1 Å². The first-order chi connectivity index (χ1) is 7.70. The molecule has 2 aliphatic carbocycles. The second kappa shape index (κ2) is 9.96.